The summed E-state index contributed by atoms with van der Waals surface area (Å²) in [6.07, 6.45) is 8.95. The number of nitrogens with zero attached hydrogens (tertiary/aromatic N) is 7. The molecule has 1 saturated carbocycles. The van der Waals surface area contributed by atoms with E-state index < -0.39 is 19.9 Å². The van der Waals surface area contributed by atoms with Crippen LogP contribution in [0.3, 0.4) is 0 Å². The molecule has 13 heteroatoms. The van der Waals surface area contributed by atoms with Crippen molar-refractivity contribution in [3.8, 4) is 0 Å². The number of carbonyl (C=O) groups is 1. The van der Waals surface area contributed by atoms with Gasteiger partial charge in [0.25, 0.3) is 0 Å². The molecule has 1 amide bonds. The molecule has 5 heterocycles. The number of fused-ring (bicyclic) bond motifs is 3. The Hall–Kier alpha value is -3.84. The van der Waals surface area contributed by atoms with Gasteiger partial charge >= 0.3 is 6.09 Å². The standard InChI is InChI=1S/C35H49FN8O3Si/c1-34(2,3)47-33(45)43-18-17-42(21-25(43)22-46-48(7,8)35(4,5)6)24-13-14-28(38-19-24)40-32-39-20-27-26-15-16-37-30(36)29(26)44(31(27)41-32)23-11-9-10-12-23/h13-16,19-20,23,25H,9-12,17-18,21-22H2,1-8H3,(H,38,39,40,41)/t25-/m1/s1. The molecule has 6 rings (SSSR count). The van der Waals surface area contributed by atoms with Crippen molar-refractivity contribution >= 4 is 53.8 Å². The molecule has 0 aromatic carbocycles. The summed E-state index contributed by atoms with van der Waals surface area (Å²) >= 11 is 0. The summed E-state index contributed by atoms with van der Waals surface area (Å²) in [5.74, 6) is 0.511. The summed E-state index contributed by atoms with van der Waals surface area (Å²) in [4.78, 5) is 35.3. The third kappa shape index (κ3) is 6.98. The molecule has 0 spiro atoms. The first-order valence-electron chi connectivity index (χ1n) is 17.0. The van der Waals surface area contributed by atoms with Gasteiger partial charge in [-0.2, -0.15) is 9.37 Å². The highest BCUT2D eigenvalue weighted by atomic mass is 28.4. The van der Waals surface area contributed by atoms with Crippen LogP contribution in [0.15, 0.2) is 36.8 Å². The van der Waals surface area contributed by atoms with Crippen LogP contribution in [0, 0.1) is 5.95 Å². The van der Waals surface area contributed by atoms with Crippen LogP contribution in [0.4, 0.5) is 26.6 Å². The first kappa shape index (κ1) is 34.0. The van der Waals surface area contributed by atoms with E-state index in [9.17, 15) is 4.79 Å². The summed E-state index contributed by atoms with van der Waals surface area (Å²) in [5.41, 5.74) is 1.56. The summed E-state index contributed by atoms with van der Waals surface area (Å²) in [5, 5.41) is 4.89. The summed E-state index contributed by atoms with van der Waals surface area (Å²) in [6, 6.07) is 5.75. The number of hydrogen-bond donors (Lipinski definition) is 1. The van der Waals surface area contributed by atoms with Crippen LogP contribution >= 0.6 is 0 Å². The van der Waals surface area contributed by atoms with Gasteiger partial charge in [-0.25, -0.2) is 19.7 Å². The fourth-order valence-electron chi connectivity index (χ4n) is 6.38. The predicted octanol–water partition coefficient (Wildman–Crippen LogP) is 7.82. The summed E-state index contributed by atoms with van der Waals surface area (Å²) in [6.45, 7) is 19.0. The fourth-order valence-corrected chi connectivity index (χ4v) is 7.42. The van der Waals surface area contributed by atoms with E-state index in [1.807, 2.05) is 54.6 Å². The van der Waals surface area contributed by atoms with Crippen LogP contribution in [-0.2, 0) is 9.16 Å². The Kier molecular flexibility index (Phi) is 9.14. The number of piperazine rings is 1. The number of carbonyl (C=O) groups excluding carboxylic acids is 1. The monoisotopic (exact) mass is 676 g/mol. The molecular formula is C35H49FN8O3Si. The second kappa shape index (κ2) is 12.9. The zero-order chi connectivity index (χ0) is 34.4. The smallest absolute Gasteiger partial charge is 0.410 e. The van der Waals surface area contributed by atoms with E-state index in [0.717, 1.165) is 42.1 Å². The van der Waals surface area contributed by atoms with E-state index in [1.54, 1.807) is 6.20 Å². The fraction of sp³-hybridized carbons (Fsp3) is 0.571. The van der Waals surface area contributed by atoms with Gasteiger partial charge in [0, 0.05) is 48.8 Å². The van der Waals surface area contributed by atoms with Gasteiger partial charge in [-0.15, -0.1) is 0 Å². The maximum absolute atomic E-state index is 15.0. The number of aromatic nitrogens is 5. The topological polar surface area (TPSA) is 111 Å². The largest absolute Gasteiger partial charge is 0.444 e. The highest BCUT2D eigenvalue weighted by Crippen LogP contribution is 2.39. The van der Waals surface area contributed by atoms with Crippen molar-refractivity contribution in [1.82, 2.24) is 29.4 Å². The average Bonchev–Trinajstić information content (AvgIpc) is 3.66. The first-order valence-corrected chi connectivity index (χ1v) is 19.9. The van der Waals surface area contributed by atoms with Gasteiger partial charge in [0.2, 0.25) is 11.9 Å². The molecule has 1 saturated heterocycles. The van der Waals surface area contributed by atoms with Gasteiger partial charge in [0.15, 0.2) is 8.32 Å². The van der Waals surface area contributed by atoms with Gasteiger partial charge in [0.1, 0.15) is 22.6 Å². The van der Waals surface area contributed by atoms with E-state index in [2.05, 4.69) is 54.0 Å². The minimum absolute atomic E-state index is 0.0551. The minimum Gasteiger partial charge on any atom is -0.444 e. The van der Waals surface area contributed by atoms with Crippen molar-refractivity contribution in [2.75, 3.05) is 36.5 Å². The second-order valence-electron chi connectivity index (χ2n) is 15.6. The van der Waals surface area contributed by atoms with E-state index >= 15 is 4.39 Å². The van der Waals surface area contributed by atoms with Crippen molar-refractivity contribution < 1.29 is 18.3 Å². The quantitative estimate of drug-likeness (QED) is 0.155. The van der Waals surface area contributed by atoms with Gasteiger partial charge in [-0.1, -0.05) is 33.6 Å². The molecule has 1 atom stereocenters. The Bertz CT molecular complexity index is 1780. The molecule has 2 fully saturated rings. The molecule has 0 radical (unpaired) electrons. The lowest BCUT2D eigenvalue weighted by atomic mass is 10.1. The number of hydrogen-bond acceptors (Lipinski definition) is 9. The van der Waals surface area contributed by atoms with Crippen molar-refractivity contribution in [2.24, 2.45) is 0 Å². The zero-order valence-corrected chi connectivity index (χ0v) is 30.5. The number of nitrogens with one attached hydrogen (secondary N) is 1. The predicted molar refractivity (Wildman–Crippen MR) is 190 cm³/mol. The molecule has 4 aromatic rings. The van der Waals surface area contributed by atoms with Crippen LogP contribution in [0.25, 0.3) is 21.9 Å². The third-order valence-electron chi connectivity index (χ3n) is 10.0. The third-order valence-corrected chi connectivity index (χ3v) is 14.5. The number of halogens is 1. The Balaban J connectivity index is 1.20. The highest BCUT2D eigenvalue weighted by molar-refractivity contribution is 6.74. The normalized spacial score (nSPS) is 18.2. The number of rotatable bonds is 7. The number of amides is 1. The Morgan fingerprint density at radius 3 is 2.42 bits per heavy atom. The maximum atomic E-state index is 15.0. The average molecular weight is 677 g/mol. The van der Waals surface area contributed by atoms with Gasteiger partial charge in [0.05, 0.1) is 24.5 Å². The number of anilines is 3. The van der Waals surface area contributed by atoms with Crippen LogP contribution in [-0.4, -0.2) is 81.7 Å². The van der Waals surface area contributed by atoms with Crippen LogP contribution in [0.5, 0.6) is 0 Å². The van der Waals surface area contributed by atoms with E-state index in [-0.39, 0.29) is 23.2 Å². The van der Waals surface area contributed by atoms with Crippen LogP contribution in [0.2, 0.25) is 18.1 Å². The molecular weight excluding hydrogens is 628 g/mol. The zero-order valence-electron chi connectivity index (χ0n) is 29.5. The molecule has 4 aromatic heterocycles. The number of pyridine rings is 2. The van der Waals surface area contributed by atoms with E-state index in [1.165, 1.54) is 6.20 Å². The minimum atomic E-state index is -2.04. The van der Waals surface area contributed by atoms with Gasteiger partial charge < -0.3 is 23.9 Å². The summed E-state index contributed by atoms with van der Waals surface area (Å²) < 4.78 is 29.4. The molecule has 1 N–H and O–H groups in total. The van der Waals surface area contributed by atoms with Crippen LogP contribution in [0.1, 0.15) is 73.3 Å². The molecule has 1 aliphatic carbocycles. The van der Waals surface area contributed by atoms with Crippen molar-refractivity contribution in [1.29, 1.82) is 0 Å². The van der Waals surface area contributed by atoms with Gasteiger partial charge in [-0.3, -0.25) is 4.90 Å². The van der Waals surface area contributed by atoms with Crippen molar-refractivity contribution in [2.45, 2.75) is 103 Å². The lowest BCUT2D eigenvalue weighted by Gasteiger charge is -2.44. The second-order valence-corrected chi connectivity index (χ2v) is 20.4. The maximum Gasteiger partial charge on any atom is 0.410 e. The van der Waals surface area contributed by atoms with Crippen molar-refractivity contribution in [3.05, 3.63) is 42.7 Å². The Labute approximate surface area is 283 Å². The Morgan fingerprint density at radius 2 is 1.75 bits per heavy atom. The molecule has 2 aliphatic rings. The molecule has 258 valence electrons. The van der Waals surface area contributed by atoms with Gasteiger partial charge in [-0.05, 0) is 69.9 Å². The van der Waals surface area contributed by atoms with E-state index in [0.29, 0.717) is 49.2 Å². The number of ether oxygens (including phenoxy) is 1. The lowest BCUT2D eigenvalue weighted by Crippen LogP contribution is -2.59. The summed E-state index contributed by atoms with van der Waals surface area (Å²) in [7, 11) is -2.04. The Morgan fingerprint density at radius 1 is 1.00 bits per heavy atom. The van der Waals surface area contributed by atoms with E-state index in [4.69, 9.17) is 19.1 Å². The lowest BCUT2D eigenvalue weighted by molar-refractivity contribution is 0.00783. The van der Waals surface area contributed by atoms with Crippen LogP contribution < -0.4 is 10.2 Å². The molecule has 0 unspecified atom stereocenters. The molecule has 11 nitrogen and oxygen atoms in total. The highest BCUT2D eigenvalue weighted by Gasteiger charge is 2.40. The van der Waals surface area contributed by atoms with Crippen molar-refractivity contribution in [3.63, 3.8) is 0 Å². The molecule has 0 bridgehead atoms. The molecule has 48 heavy (non-hydrogen) atoms. The first-order chi connectivity index (χ1) is 22.6. The molecule has 1 aliphatic heterocycles. The SMILES string of the molecule is CC(C)(C)OC(=O)N1CCN(c2ccc(Nc3ncc4c5ccnc(F)c5n(C5CCCC5)c4n3)nc2)C[C@@H]1CO[Si](C)(C)C(C)(C)C.